The van der Waals surface area contributed by atoms with Crippen molar-refractivity contribution in [2.75, 3.05) is 12.0 Å². The van der Waals surface area contributed by atoms with Crippen molar-refractivity contribution in [3.05, 3.63) is 22.4 Å². The van der Waals surface area contributed by atoms with Crippen LogP contribution >= 0.6 is 23.1 Å². The fraction of sp³-hybridized carbons (Fsp3) is 0.571. The SMILES string of the molecule is CSCC[C@@H](NC(=O)N(Cc1ccsc1)C1CC1)C(=O)O. The van der Waals surface area contributed by atoms with Crippen molar-refractivity contribution < 1.29 is 14.7 Å². The van der Waals surface area contributed by atoms with E-state index in [2.05, 4.69) is 5.32 Å². The van der Waals surface area contributed by atoms with Gasteiger partial charge in [0.05, 0.1) is 0 Å². The molecule has 1 saturated carbocycles. The maximum Gasteiger partial charge on any atom is 0.326 e. The van der Waals surface area contributed by atoms with Crippen LogP contribution in [-0.4, -0.2) is 46.1 Å². The first-order valence-electron chi connectivity index (χ1n) is 6.91. The van der Waals surface area contributed by atoms with Crippen LogP contribution in [0.15, 0.2) is 16.8 Å². The van der Waals surface area contributed by atoms with E-state index in [1.165, 1.54) is 0 Å². The third kappa shape index (κ3) is 4.93. The maximum absolute atomic E-state index is 12.4. The minimum Gasteiger partial charge on any atom is -0.480 e. The van der Waals surface area contributed by atoms with Crippen LogP contribution < -0.4 is 5.32 Å². The highest BCUT2D eigenvalue weighted by molar-refractivity contribution is 7.98. The fourth-order valence-electron chi connectivity index (χ4n) is 2.06. The van der Waals surface area contributed by atoms with E-state index in [1.807, 2.05) is 23.1 Å². The van der Waals surface area contributed by atoms with Crippen LogP contribution in [0.1, 0.15) is 24.8 Å². The summed E-state index contributed by atoms with van der Waals surface area (Å²) in [7, 11) is 0. The summed E-state index contributed by atoms with van der Waals surface area (Å²) in [5.41, 5.74) is 1.10. The molecule has 2 amide bonds. The first-order valence-corrected chi connectivity index (χ1v) is 9.25. The van der Waals surface area contributed by atoms with Crippen molar-refractivity contribution in [1.82, 2.24) is 10.2 Å². The van der Waals surface area contributed by atoms with Gasteiger partial charge in [-0.2, -0.15) is 23.1 Å². The Morgan fingerprint density at radius 1 is 1.57 bits per heavy atom. The van der Waals surface area contributed by atoms with Crippen molar-refractivity contribution in [3.8, 4) is 0 Å². The van der Waals surface area contributed by atoms with E-state index in [1.54, 1.807) is 28.0 Å². The van der Waals surface area contributed by atoms with Gasteiger partial charge in [-0.25, -0.2) is 9.59 Å². The second-order valence-corrected chi connectivity index (χ2v) is 6.88. The molecule has 1 fully saturated rings. The van der Waals surface area contributed by atoms with Crippen LogP contribution in [0.2, 0.25) is 0 Å². The summed E-state index contributed by atoms with van der Waals surface area (Å²) in [5.74, 6) is -0.255. The predicted molar refractivity (Wildman–Crippen MR) is 85.8 cm³/mol. The Bertz CT molecular complexity index is 475. The summed E-state index contributed by atoms with van der Waals surface area (Å²) in [5, 5.41) is 15.9. The Labute approximate surface area is 132 Å². The molecular formula is C14H20N2O3S2. The predicted octanol–water partition coefficient (Wildman–Crippen LogP) is 2.63. The van der Waals surface area contributed by atoms with Crippen LogP contribution in [0.5, 0.6) is 0 Å². The average molecular weight is 328 g/mol. The number of hydrogen-bond donors (Lipinski definition) is 2. The van der Waals surface area contributed by atoms with Crippen LogP contribution in [0.25, 0.3) is 0 Å². The summed E-state index contributed by atoms with van der Waals surface area (Å²) >= 11 is 3.18. The normalized spacial score (nSPS) is 15.5. The van der Waals surface area contributed by atoms with Crippen molar-refractivity contribution >= 4 is 35.1 Å². The number of thiophene rings is 1. The number of hydrogen-bond acceptors (Lipinski definition) is 4. The number of carbonyl (C=O) groups is 2. The van der Waals surface area contributed by atoms with Crippen LogP contribution in [0.3, 0.4) is 0 Å². The van der Waals surface area contributed by atoms with Gasteiger partial charge in [0, 0.05) is 12.6 Å². The molecule has 0 radical (unpaired) electrons. The number of thioether (sulfide) groups is 1. The standard InChI is InChI=1S/C14H20N2O3S2/c1-20-6-5-12(13(17)18)15-14(19)16(11-2-3-11)8-10-4-7-21-9-10/h4,7,9,11-12H,2-3,5-6,8H2,1H3,(H,15,19)(H,17,18)/t12-/m1/s1. The number of carbonyl (C=O) groups excluding carboxylic acids is 1. The average Bonchev–Trinajstić information content (AvgIpc) is 3.16. The molecule has 2 rings (SSSR count). The number of rotatable bonds is 8. The number of aliphatic carboxylic acids is 1. The molecule has 2 N–H and O–H groups in total. The molecule has 1 atom stereocenters. The van der Waals surface area contributed by atoms with E-state index < -0.39 is 12.0 Å². The lowest BCUT2D eigenvalue weighted by Gasteiger charge is -2.24. The minimum atomic E-state index is -0.969. The molecule has 0 spiro atoms. The van der Waals surface area contributed by atoms with E-state index in [-0.39, 0.29) is 12.1 Å². The molecule has 116 valence electrons. The summed E-state index contributed by atoms with van der Waals surface area (Å²) in [4.78, 5) is 25.4. The molecule has 0 saturated heterocycles. The van der Waals surface area contributed by atoms with Gasteiger partial charge in [0.2, 0.25) is 0 Å². The lowest BCUT2D eigenvalue weighted by Crippen LogP contribution is -2.48. The van der Waals surface area contributed by atoms with Gasteiger partial charge in [-0.1, -0.05) is 0 Å². The number of nitrogens with one attached hydrogen (secondary N) is 1. The molecule has 1 aromatic rings. The Morgan fingerprint density at radius 3 is 2.86 bits per heavy atom. The molecular weight excluding hydrogens is 308 g/mol. The van der Waals surface area contributed by atoms with Crippen LogP contribution in [0, 0.1) is 0 Å². The van der Waals surface area contributed by atoms with Gasteiger partial charge in [-0.05, 0) is 53.7 Å². The number of amides is 2. The summed E-state index contributed by atoms with van der Waals surface area (Å²) in [6.07, 6.45) is 4.37. The van der Waals surface area contributed by atoms with Crippen molar-refractivity contribution in [2.24, 2.45) is 0 Å². The topological polar surface area (TPSA) is 69.6 Å². The Balaban J connectivity index is 1.95. The second kappa shape index (κ2) is 7.70. The van der Waals surface area contributed by atoms with Crippen LogP contribution in [0.4, 0.5) is 4.79 Å². The molecule has 21 heavy (non-hydrogen) atoms. The van der Waals surface area contributed by atoms with Gasteiger partial charge in [-0.15, -0.1) is 0 Å². The fourth-order valence-corrected chi connectivity index (χ4v) is 3.19. The molecule has 0 unspecified atom stereocenters. The molecule has 0 bridgehead atoms. The van der Waals surface area contributed by atoms with Gasteiger partial charge in [-0.3, -0.25) is 0 Å². The number of nitrogens with zero attached hydrogens (tertiary/aromatic N) is 1. The zero-order valence-corrected chi connectivity index (χ0v) is 13.6. The summed E-state index contributed by atoms with van der Waals surface area (Å²) < 4.78 is 0. The van der Waals surface area contributed by atoms with Gasteiger partial charge < -0.3 is 15.3 Å². The largest absolute Gasteiger partial charge is 0.480 e. The van der Waals surface area contributed by atoms with E-state index in [0.29, 0.717) is 18.7 Å². The van der Waals surface area contributed by atoms with Crippen molar-refractivity contribution in [1.29, 1.82) is 0 Å². The zero-order chi connectivity index (χ0) is 15.2. The van der Waals surface area contributed by atoms with Gasteiger partial charge in [0.15, 0.2) is 0 Å². The number of carboxylic acid groups (broad SMARTS) is 1. The Morgan fingerprint density at radius 2 is 2.33 bits per heavy atom. The minimum absolute atomic E-state index is 0.250. The maximum atomic E-state index is 12.4. The first kappa shape index (κ1) is 16.2. The molecule has 1 aliphatic carbocycles. The van der Waals surface area contributed by atoms with Crippen molar-refractivity contribution in [2.45, 2.75) is 37.9 Å². The molecule has 1 heterocycles. The lowest BCUT2D eigenvalue weighted by atomic mass is 10.2. The van der Waals surface area contributed by atoms with Gasteiger partial charge in [0.1, 0.15) is 6.04 Å². The number of carboxylic acids is 1. The van der Waals surface area contributed by atoms with Crippen molar-refractivity contribution in [3.63, 3.8) is 0 Å². The van der Waals surface area contributed by atoms with Gasteiger partial charge in [0.25, 0.3) is 0 Å². The molecule has 7 heteroatoms. The second-order valence-electron chi connectivity index (χ2n) is 5.11. The smallest absolute Gasteiger partial charge is 0.326 e. The Kier molecular flexibility index (Phi) is 5.93. The third-order valence-electron chi connectivity index (χ3n) is 3.39. The highest BCUT2D eigenvalue weighted by Crippen LogP contribution is 2.28. The molecule has 1 aliphatic rings. The van der Waals surface area contributed by atoms with E-state index in [9.17, 15) is 14.7 Å². The van der Waals surface area contributed by atoms with E-state index in [4.69, 9.17) is 0 Å². The molecule has 0 aromatic carbocycles. The third-order valence-corrected chi connectivity index (χ3v) is 4.76. The zero-order valence-electron chi connectivity index (χ0n) is 11.9. The first-order chi connectivity index (χ1) is 10.1. The lowest BCUT2D eigenvalue weighted by molar-refractivity contribution is -0.139. The quantitative estimate of drug-likeness (QED) is 0.770. The Hall–Kier alpha value is -1.21. The highest BCUT2D eigenvalue weighted by Gasteiger charge is 2.34. The molecule has 0 aliphatic heterocycles. The van der Waals surface area contributed by atoms with E-state index in [0.717, 1.165) is 18.4 Å². The van der Waals surface area contributed by atoms with E-state index >= 15 is 0 Å². The monoisotopic (exact) mass is 328 g/mol. The molecule has 5 nitrogen and oxygen atoms in total. The number of urea groups is 1. The van der Waals surface area contributed by atoms with Gasteiger partial charge >= 0.3 is 12.0 Å². The summed E-state index contributed by atoms with van der Waals surface area (Å²) in [6.45, 7) is 0.550. The van der Waals surface area contributed by atoms with Crippen LogP contribution in [-0.2, 0) is 11.3 Å². The highest BCUT2D eigenvalue weighted by atomic mass is 32.2. The molecule has 1 aromatic heterocycles. The summed E-state index contributed by atoms with van der Waals surface area (Å²) in [6, 6.07) is 1.17.